The maximum absolute atomic E-state index is 2.48. The van der Waals surface area contributed by atoms with Gasteiger partial charge in [0.15, 0.2) is 0 Å². The van der Waals surface area contributed by atoms with E-state index in [1.54, 1.807) is 0 Å². The van der Waals surface area contributed by atoms with Crippen LogP contribution in [-0.4, -0.2) is 0 Å². The van der Waals surface area contributed by atoms with Crippen LogP contribution in [0.25, 0.3) is 97.3 Å². The smallest absolute Gasteiger partial charge is 0.00199 e. The average Bonchev–Trinajstić information content (AvgIpc) is 3.11. The lowest BCUT2D eigenvalue weighted by molar-refractivity contribution is 1.73. The quantitative estimate of drug-likeness (QED) is 0.177. The molecule has 10 aromatic carbocycles. The van der Waals surface area contributed by atoms with Gasteiger partial charge < -0.3 is 0 Å². The van der Waals surface area contributed by atoms with Crippen molar-refractivity contribution in [3.8, 4) is 11.1 Å². The lowest BCUT2D eigenvalue weighted by Crippen LogP contribution is -1.91. The zero-order chi connectivity index (χ0) is 28.8. The third-order valence-corrected chi connectivity index (χ3v) is 9.79. The molecule has 0 aliphatic carbocycles. The van der Waals surface area contributed by atoms with Gasteiger partial charge >= 0.3 is 0 Å². The molecule has 0 heterocycles. The van der Waals surface area contributed by atoms with Gasteiger partial charge in [0.2, 0.25) is 0 Å². The monoisotopic (exact) mass is 554 g/mol. The summed E-state index contributed by atoms with van der Waals surface area (Å²) in [5, 5.41) is 20.9. The van der Waals surface area contributed by atoms with Crippen LogP contribution in [0.15, 0.2) is 158 Å². The predicted octanol–water partition coefficient (Wildman–Crippen LogP) is 12.6. The highest BCUT2D eigenvalue weighted by atomic mass is 14.2. The summed E-state index contributed by atoms with van der Waals surface area (Å²) < 4.78 is 0. The lowest BCUT2D eigenvalue weighted by Gasteiger charge is -2.19. The first-order valence-electron chi connectivity index (χ1n) is 15.4. The van der Waals surface area contributed by atoms with Crippen LogP contribution in [-0.2, 0) is 0 Å². The van der Waals surface area contributed by atoms with Crippen molar-refractivity contribution in [1.82, 2.24) is 0 Å². The van der Waals surface area contributed by atoms with Gasteiger partial charge in [-0.2, -0.15) is 0 Å². The largest absolute Gasteiger partial charge is 0.0616 e. The van der Waals surface area contributed by atoms with E-state index in [0.717, 1.165) is 0 Å². The Kier molecular flexibility index (Phi) is 4.81. The first-order valence-corrected chi connectivity index (χ1v) is 15.4. The fraction of sp³-hybridized carbons (Fsp3) is 0. The molecule has 0 bridgehead atoms. The molecule has 0 nitrogen and oxygen atoms in total. The van der Waals surface area contributed by atoms with Gasteiger partial charge in [-0.1, -0.05) is 146 Å². The van der Waals surface area contributed by atoms with Gasteiger partial charge in [-0.25, -0.2) is 0 Å². The van der Waals surface area contributed by atoms with Crippen molar-refractivity contribution in [2.75, 3.05) is 0 Å². The molecule has 0 heteroatoms. The van der Waals surface area contributed by atoms with Crippen LogP contribution < -0.4 is 0 Å². The molecule has 0 fully saturated rings. The highest BCUT2D eigenvalue weighted by molar-refractivity contribution is 6.36. The Hall–Kier alpha value is -5.72. The molecule has 0 aromatic heterocycles. The van der Waals surface area contributed by atoms with Crippen molar-refractivity contribution >= 4 is 86.2 Å². The van der Waals surface area contributed by atoms with Crippen molar-refractivity contribution in [1.29, 1.82) is 0 Å². The third-order valence-electron chi connectivity index (χ3n) is 9.79. The van der Waals surface area contributed by atoms with Crippen LogP contribution >= 0.6 is 0 Å². The zero-order valence-electron chi connectivity index (χ0n) is 24.0. The summed E-state index contributed by atoms with van der Waals surface area (Å²) in [6.45, 7) is 0. The molecule has 0 unspecified atom stereocenters. The Bertz CT molecular complexity index is 2620. The number of fused-ring (bicyclic) bond motifs is 16. The Labute approximate surface area is 254 Å². The molecule has 202 valence electrons. The third kappa shape index (κ3) is 3.12. The predicted molar refractivity (Wildman–Crippen MR) is 192 cm³/mol. The van der Waals surface area contributed by atoms with E-state index >= 15 is 0 Å². The topological polar surface area (TPSA) is 0 Å². The molecule has 0 aliphatic rings. The van der Waals surface area contributed by atoms with Crippen LogP contribution in [0.4, 0.5) is 0 Å². The maximum Gasteiger partial charge on any atom is -0.00199 e. The molecule has 0 N–H and O–H groups in total. The molecule has 0 saturated carbocycles. The second-order valence-electron chi connectivity index (χ2n) is 12.0. The molecule has 0 saturated heterocycles. The van der Waals surface area contributed by atoms with Crippen LogP contribution in [0.1, 0.15) is 0 Å². The second-order valence-corrected chi connectivity index (χ2v) is 12.0. The number of rotatable bonds is 1. The van der Waals surface area contributed by atoms with Gasteiger partial charge in [-0.15, -0.1) is 0 Å². The fourth-order valence-corrected chi connectivity index (χ4v) is 7.98. The summed E-state index contributed by atoms with van der Waals surface area (Å²) in [5.41, 5.74) is 2.56. The van der Waals surface area contributed by atoms with Gasteiger partial charge in [-0.05, 0) is 109 Å². The van der Waals surface area contributed by atoms with Crippen molar-refractivity contribution in [2.24, 2.45) is 0 Å². The minimum atomic E-state index is 1.28. The Morgan fingerprint density at radius 1 is 0.182 bits per heavy atom. The minimum Gasteiger partial charge on any atom is -0.0616 e. The van der Waals surface area contributed by atoms with E-state index in [4.69, 9.17) is 0 Å². The maximum atomic E-state index is 2.48. The van der Waals surface area contributed by atoms with Gasteiger partial charge in [0.1, 0.15) is 0 Å². The number of benzene rings is 10. The fourth-order valence-electron chi connectivity index (χ4n) is 7.98. The minimum absolute atomic E-state index is 1.28. The van der Waals surface area contributed by atoms with Gasteiger partial charge in [0, 0.05) is 0 Å². The molecular weight excluding hydrogens is 528 g/mol. The van der Waals surface area contributed by atoms with Crippen molar-refractivity contribution in [2.45, 2.75) is 0 Å². The summed E-state index contributed by atoms with van der Waals surface area (Å²) in [5.74, 6) is 0. The Morgan fingerprint density at radius 2 is 0.386 bits per heavy atom. The summed E-state index contributed by atoms with van der Waals surface area (Å²) in [6.07, 6.45) is 0. The second kappa shape index (κ2) is 8.89. The Morgan fingerprint density at radius 3 is 0.705 bits per heavy atom. The molecule has 0 radical (unpaired) electrons. The molecule has 0 atom stereocenters. The molecular formula is C44H26. The van der Waals surface area contributed by atoms with Crippen molar-refractivity contribution in [3.05, 3.63) is 158 Å². The van der Waals surface area contributed by atoms with E-state index in [9.17, 15) is 0 Å². The van der Waals surface area contributed by atoms with Crippen molar-refractivity contribution < 1.29 is 0 Å². The van der Waals surface area contributed by atoms with E-state index < -0.39 is 0 Å². The average molecular weight is 555 g/mol. The summed E-state index contributed by atoms with van der Waals surface area (Å²) in [7, 11) is 0. The highest BCUT2D eigenvalue weighted by Crippen LogP contribution is 2.47. The SMILES string of the molecule is c1ccc2c(c1)c(-c1cc3c4ccccc4c4ccccc4c3c3ccccc13)cc1c3ccccc3c3ccccc3c21. The van der Waals surface area contributed by atoms with E-state index in [-0.39, 0.29) is 0 Å². The van der Waals surface area contributed by atoms with Gasteiger partial charge in [-0.3, -0.25) is 0 Å². The van der Waals surface area contributed by atoms with Crippen molar-refractivity contribution in [3.63, 3.8) is 0 Å². The first-order chi connectivity index (χ1) is 21.9. The number of hydrogen-bond donors (Lipinski definition) is 0. The van der Waals surface area contributed by atoms with Gasteiger partial charge in [0.05, 0.1) is 0 Å². The number of hydrogen-bond acceptors (Lipinski definition) is 0. The summed E-state index contributed by atoms with van der Waals surface area (Å²) >= 11 is 0. The summed E-state index contributed by atoms with van der Waals surface area (Å²) in [6, 6.07) is 58.5. The van der Waals surface area contributed by atoms with Gasteiger partial charge in [0.25, 0.3) is 0 Å². The van der Waals surface area contributed by atoms with Crippen LogP contribution in [0.3, 0.4) is 0 Å². The first kappa shape index (κ1) is 23.8. The normalized spacial score (nSPS) is 12.1. The molecule has 0 aliphatic heterocycles. The zero-order valence-corrected chi connectivity index (χ0v) is 24.0. The standard InChI is InChI=1S/C44H26/c1-3-17-31-27(13-1)29-15-5-9-21-35(29)43-37-23-11-7-19-33(37)39(25-41(31)43)40-26-42-32-18-4-2-14-28(32)30-16-6-10-22-36(30)44(42)38-24-12-8-20-34(38)40/h1-26H. The molecule has 10 aromatic rings. The van der Waals surface area contributed by atoms with E-state index in [1.807, 2.05) is 0 Å². The van der Waals surface area contributed by atoms with E-state index in [1.165, 1.54) is 97.3 Å². The molecule has 10 rings (SSSR count). The highest BCUT2D eigenvalue weighted by Gasteiger charge is 2.19. The lowest BCUT2D eigenvalue weighted by atomic mass is 9.84. The molecule has 0 spiro atoms. The van der Waals surface area contributed by atoms with E-state index in [2.05, 4.69) is 158 Å². The van der Waals surface area contributed by atoms with Crippen LogP contribution in [0, 0.1) is 0 Å². The Balaban J connectivity index is 1.46. The summed E-state index contributed by atoms with van der Waals surface area (Å²) in [4.78, 5) is 0. The van der Waals surface area contributed by atoms with Crippen LogP contribution in [0.5, 0.6) is 0 Å². The molecule has 0 amide bonds. The van der Waals surface area contributed by atoms with Crippen LogP contribution in [0.2, 0.25) is 0 Å². The van der Waals surface area contributed by atoms with E-state index in [0.29, 0.717) is 0 Å². The molecule has 44 heavy (non-hydrogen) atoms.